The summed E-state index contributed by atoms with van der Waals surface area (Å²) >= 11 is 5.97. The van der Waals surface area contributed by atoms with Gasteiger partial charge >= 0.3 is 0 Å². The van der Waals surface area contributed by atoms with Crippen LogP contribution in [0.25, 0.3) is 0 Å². The second-order valence-corrected chi connectivity index (χ2v) is 10.3. The van der Waals surface area contributed by atoms with Crippen molar-refractivity contribution in [2.45, 2.75) is 38.8 Å². The van der Waals surface area contributed by atoms with Crippen molar-refractivity contribution in [1.82, 2.24) is 9.73 Å². The highest BCUT2D eigenvalue weighted by Gasteiger charge is 2.26. The van der Waals surface area contributed by atoms with Crippen molar-refractivity contribution in [3.05, 3.63) is 88.3 Å². The number of halogens is 1. The van der Waals surface area contributed by atoms with E-state index < -0.39 is 10.0 Å². The molecule has 33 heavy (non-hydrogen) atoms. The van der Waals surface area contributed by atoms with Crippen molar-refractivity contribution in [1.29, 1.82) is 0 Å². The Hall–Kier alpha value is -2.94. The summed E-state index contributed by atoms with van der Waals surface area (Å²) in [5.74, 6) is 0.434. The van der Waals surface area contributed by atoms with E-state index in [-0.39, 0.29) is 29.8 Å². The SMILES string of the molecule is Cc1ccc(S(=O)(=O)N(Cc2ccc(Cl)cc2)Cc2ccc(/C=N\NC(=O)C(C)C)o2)cc1. The lowest BCUT2D eigenvalue weighted by molar-refractivity contribution is -0.123. The van der Waals surface area contributed by atoms with Crippen molar-refractivity contribution in [3.63, 3.8) is 0 Å². The largest absolute Gasteiger partial charge is 0.459 e. The summed E-state index contributed by atoms with van der Waals surface area (Å²) in [5.41, 5.74) is 4.18. The molecular weight excluding hydrogens is 462 g/mol. The highest BCUT2D eigenvalue weighted by molar-refractivity contribution is 7.89. The molecule has 1 N–H and O–H groups in total. The highest BCUT2D eigenvalue weighted by atomic mass is 35.5. The molecule has 0 spiro atoms. The van der Waals surface area contributed by atoms with Crippen LogP contribution in [0.3, 0.4) is 0 Å². The lowest BCUT2D eigenvalue weighted by atomic mass is 10.2. The summed E-state index contributed by atoms with van der Waals surface area (Å²) in [6, 6.07) is 17.1. The van der Waals surface area contributed by atoms with Gasteiger partial charge in [0.25, 0.3) is 0 Å². The van der Waals surface area contributed by atoms with Gasteiger partial charge in [0, 0.05) is 17.5 Å². The number of carbonyl (C=O) groups is 1. The average molecular weight is 488 g/mol. The monoisotopic (exact) mass is 487 g/mol. The molecule has 0 fully saturated rings. The van der Waals surface area contributed by atoms with E-state index in [4.69, 9.17) is 16.0 Å². The Morgan fingerprint density at radius 2 is 1.73 bits per heavy atom. The molecule has 0 bridgehead atoms. The molecular formula is C24H26ClN3O4S. The van der Waals surface area contributed by atoms with Gasteiger partial charge in [-0.2, -0.15) is 9.41 Å². The van der Waals surface area contributed by atoms with Crippen LogP contribution in [0.4, 0.5) is 0 Å². The van der Waals surface area contributed by atoms with Gasteiger partial charge in [-0.1, -0.05) is 55.3 Å². The topological polar surface area (TPSA) is 92.0 Å². The first-order valence-electron chi connectivity index (χ1n) is 10.4. The number of hydrazone groups is 1. The molecule has 1 amide bonds. The molecule has 3 rings (SSSR count). The first-order valence-corrected chi connectivity index (χ1v) is 12.2. The number of aryl methyl sites for hydroxylation is 1. The summed E-state index contributed by atoms with van der Waals surface area (Å²) < 4.78 is 33.9. The van der Waals surface area contributed by atoms with Crippen molar-refractivity contribution < 1.29 is 17.6 Å². The minimum absolute atomic E-state index is 0.0189. The van der Waals surface area contributed by atoms with E-state index in [0.717, 1.165) is 11.1 Å². The standard InChI is InChI=1S/C24H26ClN3O4S/c1-17(2)24(29)27-26-14-21-10-11-22(32-21)16-28(15-19-6-8-20(25)9-7-19)33(30,31)23-12-4-18(3)5-13-23/h4-14,17H,15-16H2,1-3H3,(H,27,29)/b26-14-. The first kappa shape index (κ1) is 24.7. The quantitative estimate of drug-likeness (QED) is 0.348. The number of hydrogen-bond donors (Lipinski definition) is 1. The molecule has 0 aliphatic heterocycles. The van der Waals surface area contributed by atoms with Gasteiger partial charge in [0.1, 0.15) is 11.5 Å². The van der Waals surface area contributed by atoms with Crippen LogP contribution in [-0.4, -0.2) is 24.8 Å². The summed E-state index contributed by atoms with van der Waals surface area (Å²) in [6.07, 6.45) is 1.38. The lowest BCUT2D eigenvalue weighted by Crippen LogP contribution is -2.30. The van der Waals surface area contributed by atoms with Crippen molar-refractivity contribution in [2.24, 2.45) is 11.0 Å². The number of hydrogen-bond acceptors (Lipinski definition) is 5. The molecule has 9 heteroatoms. The molecule has 1 heterocycles. The Balaban J connectivity index is 1.83. The van der Waals surface area contributed by atoms with Gasteiger partial charge in [0.15, 0.2) is 0 Å². The third-order valence-corrected chi connectivity index (χ3v) is 6.89. The molecule has 0 radical (unpaired) electrons. The van der Waals surface area contributed by atoms with E-state index in [0.29, 0.717) is 16.5 Å². The Morgan fingerprint density at radius 1 is 1.06 bits per heavy atom. The maximum absolute atomic E-state index is 13.4. The maximum atomic E-state index is 13.4. The predicted molar refractivity (Wildman–Crippen MR) is 128 cm³/mol. The number of nitrogens with zero attached hydrogens (tertiary/aromatic N) is 2. The van der Waals surface area contributed by atoms with Crippen LogP contribution in [0.2, 0.25) is 5.02 Å². The molecule has 7 nitrogen and oxygen atoms in total. The molecule has 0 atom stereocenters. The van der Waals surface area contributed by atoms with Gasteiger partial charge in [-0.05, 0) is 48.9 Å². The molecule has 0 aliphatic carbocycles. The molecule has 2 aromatic carbocycles. The number of amides is 1. The van der Waals surface area contributed by atoms with E-state index >= 15 is 0 Å². The molecule has 174 valence electrons. The van der Waals surface area contributed by atoms with Crippen molar-refractivity contribution >= 4 is 33.7 Å². The Labute approximate surface area is 199 Å². The van der Waals surface area contributed by atoms with E-state index in [1.54, 1.807) is 74.5 Å². The summed E-state index contributed by atoms with van der Waals surface area (Å²) in [7, 11) is -3.80. The van der Waals surface area contributed by atoms with E-state index in [1.807, 2.05) is 6.92 Å². The Morgan fingerprint density at radius 3 is 2.36 bits per heavy atom. The van der Waals surface area contributed by atoms with Crippen LogP contribution in [0, 0.1) is 12.8 Å². The smallest absolute Gasteiger partial charge is 0.243 e. The van der Waals surface area contributed by atoms with E-state index in [1.165, 1.54) is 10.5 Å². The molecule has 0 saturated carbocycles. The number of furan rings is 1. The highest BCUT2D eigenvalue weighted by Crippen LogP contribution is 2.23. The molecule has 0 aliphatic rings. The van der Waals surface area contributed by atoms with Gasteiger partial charge in [-0.25, -0.2) is 13.8 Å². The molecule has 1 aromatic heterocycles. The van der Waals surface area contributed by atoms with Crippen LogP contribution in [0.15, 0.2) is 75.1 Å². The van der Waals surface area contributed by atoms with Crippen LogP contribution in [0.5, 0.6) is 0 Å². The summed E-state index contributed by atoms with van der Waals surface area (Å²) in [5, 5.41) is 4.45. The fraction of sp³-hybridized carbons (Fsp3) is 0.250. The first-order chi connectivity index (χ1) is 15.6. The number of rotatable bonds is 9. The second kappa shape index (κ2) is 10.8. The van der Waals surface area contributed by atoms with Crippen molar-refractivity contribution in [2.75, 3.05) is 0 Å². The summed E-state index contributed by atoms with van der Waals surface area (Å²) in [4.78, 5) is 11.8. The Kier molecular flexibility index (Phi) is 8.07. The zero-order chi connectivity index (χ0) is 24.0. The third kappa shape index (κ3) is 6.77. The fourth-order valence-electron chi connectivity index (χ4n) is 2.89. The van der Waals surface area contributed by atoms with Gasteiger partial charge < -0.3 is 4.42 Å². The third-order valence-electron chi connectivity index (χ3n) is 4.84. The Bertz CT molecular complexity index is 1220. The van der Waals surface area contributed by atoms with E-state index in [2.05, 4.69) is 10.5 Å². The van der Waals surface area contributed by atoms with Gasteiger partial charge in [0.05, 0.1) is 17.7 Å². The summed E-state index contributed by atoms with van der Waals surface area (Å²) in [6.45, 7) is 5.59. The fourth-order valence-corrected chi connectivity index (χ4v) is 4.41. The van der Waals surface area contributed by atoms with Gasteiger partial charge in [-0.15, -0.1) is 0 Å². The van der Waals surface area contributed by atoms with Crippen LogP contribution in [0.1, 0.15) is 36.5 Å². The number of carbonyl (C=O) groups excluding carboxylic acids is 1. The molecule has 0 unspecified atom stereocenters. The second-order valence-electron chi connectivity index (χ2n) is 7.91. The van der Waals surface area contributed by atoms with Crippen LogP contribution < -0.4 is 5.43 Å². The van der Waals surface area contributed by atoms with Crippen LogP contribution in [-0.2, 0) is 27.9 Å². The zero-order valence-corrected chi connectivity index (χ0v) is 20.2. The van der Waals surface area contributed by atoms with Crippen LogP contribution >= 0.6 is 11.6 Å². The minimum Gasteiger partial charge on any atom is -0.459 e. The van der Waals surface area contributed by atoms with E-state index in [9.17, 15) is 13.2 Å². The number of sulfonamides is 1. The zero-order valence-electron chi connectivity index (χ0n) is 18.7. The number of benzene rings is 2. The van der Waals surface area contributed by atoms with Gasteiger partial charge in [-0.3, -0.25) is 4.79 Å². The number of nitrogens with one attached hydrogen (secondary N) is 1. The molecule has 0 saturated heterocycles. The normalized spacial score (nSPS) is 12.1. The van der Waals surface area contributed by atoms with Crippen molar-refractivity contribution in [3.8, 4) is 0 Å². The minimum atomic E-state index is -3.80. The van der Waals surface area contributed by atoms with Gasteiger partial charge in [0.2, 0.25) is 15.9 Å². The predicted octanol–water partition coefficient (Wildman–Crippen LogP) is 4.74. The maximum Gasteiger partial charge on any atom is 0.243 e. The average Bonchev–Trinajstić information content (AvgIpc) is 3.22. The lowest BCUT2D eigenvalue weighted by Gasteiger charge is -2.21. The molecule has 3 aromatic rings.